The molecule has 2 atom stereocenters. The second-order valence-corrected chi connectivity index (χ2v) is 4.37. The number of carbonyl (C=O) groups excluding carboxylic acids is 1. The quantitative estimate of drug-likeness (QED) is 0.834. The lowest BCUT2D eigenvalue weighted by molar-refractivity contribution is -0.124. The van der Waals surface area contributed by atoms with Crippen LogP contribution in [0.4, 0.5) is 0 Å². The topological polar surface area (TPSA) is 107 Å². The smallest absolute Gasteiger partial charge is 0.238 e. The molecule has 2 rings (SSSR count). The summed E-state index contributed by atoms with van der Waals surface area (Å²) in [4.78, 5) is 12.1. The van der Waals surface area contributed by atoms with Crippen molar-refractivity contribution in [3.05, 3.63) is 41.7 Å². The Morgan fingerprint density at radius 2 is 2.20 bits per heavy atom. The van der Waals surface area contributed by atoms with Crippen molar-refractivity contribution in [2.24, 2.45) is 5.92 Å². The average molecular weight is 270 g/mol. The lowest BCUT2D eigenvalue weighted by Gasteiger charge is -2.13. The number of benzene rings is 1. The highest BCUT2D eigenvalue weighted by Gasteiger charge is 2.22. The predicted octanol–water partition coefficient (Wildman–Crippen LogP) is 0.759. The van der Waals surface area contributed by atoms with Crippen LogP contribution < -0.4 is 5.32 Å². The first-order valence-electron chi connectivity index (χ1n) is 6.18. The summed E-state index contributed by atoms with van der Waals surface area (Å²) < 4.78 is 0. The summed E-state index contributed by atoms with van der Waals surface area (Å²) in [7, 11) is 0. The van der Waals surface area contributed by atoms with Crippen molar-refractivity contribution in [2.45, 2.75) is 19.4 Å². The number of aromatic amines is 1. The van der Waals surface area contributed by atoms with E-state index in [1.807, 2.05) is 36.4 Å². The van der Waals surface area contributed by atoms with E-state index in [1.54, 1.807) is 6.92 Å². The van der Waals surface area contributed by atoms with Crippen LogP contribution in [-0.2, 0) is 11.2 Å². The molecule has 0 radical (unpaired) electrons. The van der Waals surface area contributed by atoms with Gasteiger partial charge in [0.25, 0.3) is 0 Å². The molecule has 7 nitrogen and oxygen atoms in total. The second kappa shape index (κ2) is 6.43. The van der Waals surface area contributed by atoms with Gasteiger partial charge in [-0.25, -0.2) is 0 Å². The third-order valence-corrected chi connectivity index (χ3v) is 2.86. The number of aromatic nitrogens is 4. The van der Waals surface area contributed by atoms with Crippen molar-refractivity contribution < 1.29 is 4.79 Å². The van der Waals surface area contributed by atoms with Gasteiger partial charge in [-0.3, -0.25) is 4.79 Å². The van der Waals surface area contributed by atoms with Crippen LogP contribution in [-0.4, -0.2) is 26.5 Å². The fourth-order valence-electron chi connectivity index (χ4n) is 1.78. The first-order chi connectivity index (χ1) is 9.70. The largest absolute Gasteiger partial charge is 0.345 e. The van der Waals surface area contributed by atoms with Crippen LogP contribution in [0.5, 0.6) is 0 Å². The van der Waals surface area contributed by atoms with Gasteiger partial charge in [-0.1, -0.05) is 35.5 Å². The van der Waals surface area contributed by atoms with Crippen LogP contribution in [0.2, 0.25) is 0 Å². The Bertz CT molecular complexity index is 589. The number of nitriles is 1. The van der Waals surface area contributed by atoms with Gasteiger partial charge < -0.3 is 5.32 Å². The van der Waals surface area contributed by atoms with Gasteiger partial charge in [-0.15, -0.1) is 10.2 Å². The summed E-state index contributed by atoms with van der Waals surface area (Å²) in [5.74, 6) is -0.699. The number of nitrogens with one attached hydrogen (secondary N) is 2. The molecule has 0 fully saturated rings. The number of H-pyrrole nitrogens is 1. The lowest BCUT2D eigenvalue weighted by atomic mass is 9.99. The van der Waals surface area contributed by atoms with Gasteiger partial charge in [0.1, 0.15) is 5.92 Å². The summed E-state index contributed by atoms with van der Waals surface area (Å²) in [6, 6.07) is 11.1. The van der Waals surface area contributed by atoms with Crippen LogP contribution in [0, 0.1) is 17.2 Å². The third-order valence-electron chi connectivity index (χ3n) is 2.86. The molecule has 0 aliphatic rings. The molecule has 0 saturated carbocycles. The summed E-state index contributed by atoms with van der Waals surface area (Å²) in [5.41, 5.74) is 0.946. The molecule has 102 valence electrons. The van der Waals surface area contributed by atoms with E-state index in [0.717, 1.165) is 5.56 Å². The molecule has 7 heteroatoms. The van der Waals surface area contributed by atoms with Crippen molar-refractivity contribution in [1.82, 2.24) is 25.9 Å². The fraction of sp³-hybridized carbons (Fsp3) is 0.308. The highest BCUT2D eigenvalue weighted by Crippen LogP contribution is 2.11. The molecule has 1 heterocycles. The van der Waals surface area contributed by atoms with Crippen molar-refractivity contribution in [1.29, 1.82) is 5.26 Å². The Balaban J connectivity index is 1.98. The SMILES string of the molecule is CC(NC(=O)C(C#N)Cc1ccccc1)c1nn[nH]n1. The molecule has 2 aromatic rings. The number of nitrogens with zero attached hydrogens (tertiary/aromatic N) is 4. The van der Waals surface area contributed by atoms with Gasteiger partial charge in [-0.05, 0) is 18.9 Å². The maximum Gasteiger partial charge on any atom is 0.238 e. The van der Waals surface area contributed by atoms with E-state index in [4.69, 9.17) is 5.26 Å². The molecule has 0 aliphatic heterocycles. The van der Waals surface area contributed by atoms with E-state index in [-0.39, 0.29) is 5.91 Å². The van der Waals surface area contributed by atoms with E-state index in [0.29, 0.717) is 12.2 Å². The molecule has 0 saturated heterocycles. The maximum atomic E-state index is 12.1. The molecule has 2 N–H and O–H groups in total. The van der Waals surface area contributed by atoms with Crippen molar-refractivity contribution in [2.75, 3.05) is 0 Å². The normalized spacial score (nSPS) is 13.2. The van der Waals surface area contributed by atoms with Crippen LogP contribution in [0.3, 0.4) is 0 Å². The Labute approximate surface area is 116 Å². The number of hydrogen-bond acceptors (Lipinski definition) is 5. The number of carbonyl (C=O) groups is 1. The summed E-state index contributed by atoms with van der Waals surface area (Å²) >= 11 is 0. The van der Waals surface area contributed by atoms with Crippen molar-refractivity contribution in [3.63, 3.8) is 0 Å². The fourth-order valence-corrected chi connectivity index (χ4v) is 1.78. The monoisotopic (exact) mass is 270 g/mol. The van der Waals surface area contributed by atoms with Gasteiger partial charge in [0.05, 0.1) is 12.1 Å². The van der Waals surface area contributed by atoms with E-state index < -0.39 is 12.0 Å². The van der Waals surface area contributed by atoms with Crippen LogP contribution in [0.15, 0.2) is 30.3 Å². The van der Waals surface area contributed by atoms with Crippen LogP contribution in [0.1, 0.15) is 24.4 Å². The molecule has 1 amide bonds. The Morgan fingerprint density at radius 3 is 2.80 bits per heavy atom. The zero-order valence-electron chi connectivity index (χ0n) is 10.9. The summed E-state index contributed by atoms with van der Waals surface area (Å²) in [6.07, 6.45) is 0.377. The molecule has 0 aliphatic carbocycles. The summed E-state index contributed by atoms with van der Waals surface area (Å²) in [6.45, 7) is 1.74. The molecule has 2 unspecified atom stereocenters. The second-order valence-electron chi connectivity index (χ2n) is 4.37. The number of rotatable bonds is 5. The predicted molar refractivity (Wildman–Crippen MR) is 70.0 cm³/mol. The van der Waals surface area contributed by atoms with Gasteiger partial charge in [-0.2, -0.15) is 10.5 Å². The number of amides is 1. The molecule has 20 heavy (non-hydrogen) atoms. The highest BCUT2D eigenvalue weighted by molar-refractivity contribution is 5.81. The van der Waals surface area contributed by atoms with Crippen LogP contribution >= 0.6 is 0 Å². The Morgan fingerprint density at radius 1 is 1.45 bits per heavy atom. The maximum absolute atomic E-state index is 12.1. The van der Waals surface area contributed by atoms with E-state index in [9.17, 15) is 4.79 Å². The minimum absolute atomic E-state index is 0.339. The van der Waals surface area contributed by atoms with Gasteiger partial charge in [0.2, 0.25) is 5.91 Å². The minimum atomic E-state index is -0.744. The highest BCUT2D eigenvalue weighted by atomic mass is 16.1. The Kier molecular flexibility index (Phi) is 4.39. The molecular formula is C13H14N6O. The van der Waals surface area contributed by atoms with Gasteiger partial charge in [0, 0.05) is 0 Å². The standard InChI is InChI=1S/C13H14N6O/c1-9(12-16-18-19-17-12)15-13(20)11(8-14)7-10-5-3-2-4-6-10/h2-6,9,11H,7H2,1H3,(H,15,20)(H,16,17,18,19). The third kappa shape index (κ3) is 3.38. The minimum Gasteiger partial charge on any atom is -0.345 e. The Hall–Kier alpha value is -2.75. The number of tetrazole rings is 1. The van der Waals surface area contributed by atoms with Gasteiger partial charge >= 0.3 is 0 Å². The first-order valence-corrected chi connectivity index (χ1v) is 6.18. The van der Waals surface area contributed by atoms with E-state index in [1.165, 1.54) is 0 Å². The van der Waals surface area contributed by atoms with E-state index in [2.05, 4.69) is 25.9 Å². The van der Waals surface area contributed by atoms with Gasteiger partial charge in [0.15, 0.2) is 5.82 Å². The zero-order valence-corrected chi connectivity index (χ0v) is 10.9. The average Bonchev–Trinajstić information content (AvgIpc) is 3.00. The molecule has 1 aromatic carbocycles. The van der Waals surface area contributed by atoms with Crippen molar-refractivity contribution in [3.8, 4) is 6.07 Å². The molecule has 0 spiro atoms. The lowest BCUT2D eigenvalue weighted by Crippen LogP contribution is -2.33. The van der Waals surface area contributed by atoms with E-state index >= 15 is 0 Å². The number of hydrogen-bond donors (Lipinski definition) is 2. The zero-order chi connectivity index (χ0) is 14.4. The molecule has 1 aromatic heterocycles. The molecule has 0 bridgehead atoms. The first kappa shape index (κ1) is 13.7. The van der Waals surface area contributed by atoms with Crippen LogP contribution in [0.25, 0.3) is 0 Å². The molecular weight excluding hydrogens is 256 g/mol. The summed E-state index contributed by atoms with van der Waals surface area (Å²) in [5, 5.41) is 25.2. The van der Waals surface area contributed by atoms with Crippen molar-refractivity contribution >= 4 is 5.91 Å².